The largest absolute Gasteiger partial charge is 0.481 e. The van der Waals surface area contributed by atoms with Crippen molar-refractivity contribution < 1.29 is 19.5 Å². The van der Waals surface area contributed by atoms with E-state index in [0.29, 0.717) is 24.2 Å². The standard InChI is InChI=1S/C21H22N2O4/c1-3-22(2)19(24)14-8-6-9-15(11-14)20(25)23-12-16-7-4-5-10-17(16)18(13-23)21(26)27/h4-11,18H,3,12-13H2,1-2H3,(H,26,27). The Balaban J connectivity index is 1.89. The molecule has 0 spiro atoms. The minimum absolute atomic E-state index is 0.109. The van der Waals surface area contributed by atoms with Gasteiger partial charge in [-0.25, -0.2) is 0 Å². The smallest absolute Gasteiger partial charge is 0.312 e. The van der Waals surface area contributed by atoms with Gasteiger partial charge in [-0.05, 0) is 36.2 Å². The van der Waals surface area contributed by atoms with Gasteiger partial charge in [0.15, 0.2) is 0 Å². The highest BCUT2D eigenvalue weighted by Crippen LogP contribution is 2.29. The lowest BCUT2D eigenvalue weighted by Crippen LogP contribution is -2.40. The van der Waals surface area contributed by atoms with Crippen LogP contribution in [0, 0.1) is 0 Å². The Bertz CT molecular complexity index is 893. The van der Waals surface area contributed by atoms with E-state index >= 15 is 0 Å². The number of fused-ring (bicyclic) bond motifs is 1. The fourth-order valence-corrected chi connectivity index (χ4v) is 3.30. The lowest BCUT2D eigenvalue weighted by atomic mass is 9.89. The van der Waals surface area contributed by atoms with Gasteiger partial charge in [0.05, 0.1) is 5.92 Å². The summed E-state index contributed by atoms with van der Waals surface area (Å²) in [5.74, 6) is -2.13. The van der Waals surface area contributed by atoms with Crippen LogP contribution in [-0.4, -0.2) is 52.8 Å². The first-order valence-corrected chi connectivity index (χ1v) is 8.87. The van der Waals surface area contributed by atoms with Crippen LogP contribution in [0.25, 0.3) is 0 Å². The first-order chi connectivity index (χ1) is 12.9. The Labute approximate surface area is 158 Å². The summed E-state index contributed by atoms with van der Waals surface area (Å²) in [7, 11) is 1.70. The molecule has 2 aromatic rings. The van der Waals surface area contributed by atoms with E-state index < -0.39 is 11.9 Å². The summed E-state index contributed by atoms with van der Waals surface area (Å²) in [4.78, 5) is 40.1. The number of nitrogens with zero attached hydrogens (tertiary/aromatic N) is 2. The Morgan fingerprint density at radius 3 is 2.52 bits per heavy atom. The maximum atomic E-state index is 13.0. The average molecular weight is 366 g/mol. The third-order valence-electron chi connectivity index (χ3n) is 4.96. The number of carbonyl (C=O) groups excluding carboxylic acids is 2. The van der Waals surface area contributed by atoms with E-state index in [2.05, 4.69) is 0 Å². The van der Waals surface area contributed by atoms with E-state index in [4.69, 9.17) is 0 Å². The van der Waals surface area contributed by atoms with E-state index in [1.165, 1.54) is 4.90 Å². The second kappa shape index (κ2) is 7.61. The van der Waals surface area contributed by atoms with Gasteiger partial charge < -0.3 is 14.9 Å². The molecule has 0 fully saturated rings. The van der Waals surface area contributed by atoms with Crippen molar-refractivity contribution in [2.75, 3.05) is 20.1 Å². The third-order valence-corrected chi connectivity index (χ3v) is 4.96. The van der Waals surface area contributed by atoms with Gasteiger partial charge >= 0.3 is 5.97 Å². The first-order valence-electron chi connectivity index (χ1n) is 8.87. The van der Waals surface area contributed by atoms with Gasteiger partial charge in [0.25, 0.3) is 11.8 Å². The van der Waals surface area contributed by atoms with Gasteiger partial charge in [-0.3, -0.25) is 14.4 Å². The Kier molecular flexibility index (Phi) is 5.26. The lowest BCUT2D eigenvalue weighted by molar-refractivity contribution is -0.139. The fraction of sp³-hybridized carbons (Fsp3) is 0.286. The molecule has 6 nitrogen and oxygen atoms in total. The van der Waals surface area contributed by atoms with Gasteiger partial charge in [0.1, 0.15) is 0 Å². The molecule has 0 radical (unpaired) electrons. The molecule has 0 aromatic heterocycles. The number of hydrogen-bond donors (Lipinski definition) is 1. The number of hydrogen-bond acceptors (Lipinski definition) is 3. The molecule has 3 rings (SSSR count). The van der Waals surface area contributed by atoms with Crippen molar-refractivity contribution in [1.82, 2.24) is 9.80 Å². The van der Waals surface area contributed by atoms with E-state index in [-0.39, 0.29) is 18.4 Å². The quantitative estimate of drug-likeness (QED) is 0.902. The van der Waals surface area contributed by atoms with Crippen molar-refractivity contribution in [3.63, 3.8) is 0 Å². The summed E-state index contributed by atoms with van der Waals surface area (Å²) in [6.45, 7) is 2.91. The molecule has 1 aliphatic heterocycles. The van der Waals surface area contributed by atoms with Crippen LogP contribution in [0.15, 0.2) is 48.5 Å². The predicted molar refractivity (Wildman–Crippen MR) is 101 cm³/mol. The summed E-state index contributed by atoms with van der Waals surface area (Å²) < 4.78 is 0. The van der Waals surface area contributed by atoms with Crippen molar-refractivity contribution in [3.05, 3.63) is 70.8 Å². The number of amides is 2. The number of carbonyl (C=O) groups is 3. The first kappa shape index (κ1) is 18.6. The van der Waals surface area contributed by atoms with E-state index in [0.717, 1.165) is 11.1 Å². The van der Waals surface area contributed by atoms with Crippen molar-refractivity contribution in [2.24, 2.45) is 0 Å². The second-order valence-electron chi connectivity index (χ2n) is 6.68. The van der Waals surface area contributed by atoms with Crippen LogP contribution in [0.1, 0.15) is 44.7 Å². The highest BCUT2D eigenvalue weighted by Gasteiger charge is 2.32. The molecule has 0 aliphatic carbocycles. The van der Waals surface area contributed by atoms with E-state index in [1.807, 2.05) is 25.1 Å². The topological polar surface area (TPSA) is 77.9 Å². The minimum atomic E-state index is -0.951. The van der Waals surface area contributed by atoms with Crippen molar-refractivity contribution >= 4 is 17.8 Å². The SMILES string of the molecule is CCN(C)C(=O)c1cccc(C(=O)N2Cc3ccccc3C(C(=O)O)C2)c1. The Morgan fingerprint density at radius 1 is 1.11 bits per heavy atom. The van der Waals surface area contributed by atoms with Crippen molar-refractivity contribution in [1.29, 1.82) is 0 Å². The normalized spacial score (nSPS) is 15.8. The molecule has 0 saturated carbocycles. The molecular formula is C21H22N2O4. The molecular weight excluding hydrogens is 344 g/mol. The lowest BCUT2D eigenvalue weighted by Gasteiger charge is -2.33. The monoisotopic (exact) mass is 366 g/mol. The number of benzene rings is 2. The Hall–Kier alpha value is -3.15. The van der Waals surface area contributed by atoms with Crippen LogP contribution >= 0.6 is 0 Å². The summed E-state index contributed by atoms with van der Waals surface area (Å²) >= 11 is 0. The second-order valence-corrected chi connectivity index (χ2v) is 6.68. The van der Waals surface area contributed by atoms with E-state index in [1.54, 1.807) is 42.3 Å². The zero-order valence-corrected chi connectivity index (χ0v) is 15.4. The number of carboxylic acids is 1. The van der Waals surface area contributed by atoms with Gasteiger partial charge in [0.2, 0.25) is 0 Å². The molecule has 27 heavy (non-hydrogen) atoms. The van der Waals surface area contributed by atoms with Crippen LogP contribution in [0.3, 0.4) is 0 Å². The number of aliphatic carboxylic acids is 1. The van der Waals surface area contributed by atoms with Gasteiger partial charge in [-0.15, -0.1) is 0 Å². The highest BCUT2D eigenvalue weighted by molar-refractivity contribution is 6.00. The molecule has 2 amide bonds. The summed E-state index contributed by atoms with van der Waals surface area (Å²) in [5.41, 5.74) is 2.41. The zero-order valence-electron chi connectivity index (χ0n) is 15.4. The molecule has 140 valence electrons. The molecule has 1 heterocycles. The van der Waals surface area contributed by atoms with Crippen LogP contribution in [0.4, 0.5) is 0 Å². The molecule has 0 bridgehead atoms. The molecule has 1 atom stereocenters. The summed E-state index contributed by atoms with van der Waals surface area (Å²) in [5, 5.41) is 9.57. The predicted octanol–water partition coefficient (Wildman–Crippen LogP) is 2.60. The van der Waals surface area contributed by atoms with E-state index in [9.17, 15) is 19.5 Å². The van der Waals surface area contributed by atoms with Gasteiger partial charge in [-0.2, -0.15) is 0 Å². The number of rotatable bonds is 4. The van der Waals surface area contributed by atoms with Crippen molar-refractivity contribution in [2.45, 2.75) is 19.4 Å². The van der Waals surface area contributed by atoms with Crippen LogP contribution in [0.5, 0.6) is 0 Å². The van der Waals surface area contributed by atoms with Crippen LogP contribution in [0.2, 0.25) is 0 Å². The molecule has 1 unspecified atom stereocenters. The van der Waals surface area contributed by atoms with Crippen LogP contribution < -0.4 is 0 Å². The maximum absolute atomic E-state index is 13.0. The molecule has 0 saturated heterocycles. The molecule has 6 heteroatoms. The summed E-state index contributed by atoms with van der Waals surface area (Å²) in [6.07, 6.45) is 0. The average Bonchev–Trinajstić information content (AvgIpc) is 2.71. The van der Waals surface area contributed by atoms with Crippen LogP contribution in [-0.2, 0) is 11.3 Å². The minimum Gasteiger partial charge on any atom is -0.481 e. The zero-order chi connectivity index (χ0) is 19.6. The fourth-order valence-electron chi connectivity index (χ4n) is 3.30. The third kappa shape index (κ3) is 3.69. The molecule has 1 N–H and O–H groups in total. The molecule has 1 aliphatic rings. The highest BCUT2D eigenvalue weighted by atomic mass is 16.4. The number of carboxylic acid groups (broad SMARTS) is 1. The maximum Gasteiger partial charge on any atom is 0.312 e. The van der Waals surface area contributed by atoms with Gasteiger partial charge in [-0.1, -0.05) is 30.3 Å². The summed E-state index contributed by atoms with van der Waals surface area (Å²) in [6, 6.07) is 13.9. The van der Waals surface area contributed by atoms with Crippen molar-refractivity contribution in [3.8, 4) is 0 Å². The Morgan fingerprint density at radius 2 is 1.81 bits per heavy atom. The van der Waals surface area contributed by atoms with Gasteiger partial charge in [0, 0.05) is 37.8 Å². The molecule has 2 aromatic carbocycles.